The van der Waals surface area contributed by atoms with Crippen LogP contribution < -0.4 is 5.06 Å². The van der Waals surface area contributed by atoms with E-state index in [2.05, 4.69) is 5.18 Å². The summed E-state index contributed by atoms with van der Waals surface area (Å²) >= 11 is 0. The van der Waals surface area contributed by atoms with E-state index < -0.39 is 0 Å². The predicted molar refractivity (Wildman–Crippen MR) is 81.3 cm³/mol. The predicted octanol–water partition coefficient (Wildman–Crippen LogP) is 4.81. The molecule has 1 unspecified atom stereocenters. The molecule has 1 aliphatic carbocycles. The number of hydrogen-bond donors (Lipinski definition) is 1. The number of benzene rings is 1. The van der Waals surface area contributed by atoms with Gasteiger partial charge >= 0.3 is 0 Å². The van der Waals surface area contributed by atoms with Gasteiger partial charge in [-0.25, -0.2) is 5.06 Å². The smallest absolute Gasteiger partial charge is 0.246 e. The Morgan fingerprint density at radius 2 is 2.15 bits per heavy atom. The number of hydroxylamine groups is 1. The van der Waals surface area contributed by atoms with Crippen LogP contribution in [-0.2, 0) is 0 Å². The zero-order chi connectivity index (χ0) is 16.8. The molecule has 0 saturated heterocycles. The molecule has 1 atom stereocenters. The minimum atomic E-state index is -0.326. The summed E-state index contributed by atoms with van der Waals surface area (Å²) in [5.41, 5.74) is 1.51. The summed E-state index contributed by atoms with van der Waals surface area (Å²) in [6, 6.07) is 6.14. The summed E-state index contributed by atoms with van der Waals surface area (Å²) in [7, 11) is 0. The van der Waals surface area contributed by atoms with E-state index in [0.717, 1.165) is 25.7 Å². The van der Waals surface area contributed by atoms with E-state index in [4.69, 9.17) is 9.38 Å². The van der Waals surface area contributed by atoms with Crippen LogP contribution in [0.1, 0.15) is 41.8 Å². The molecule has 0 amide bonds. The van der Waals surface area contributed by atoms with Gasteiger partial charge in [0.25, 0.3) is 0 Å². The molecule has 1 fully saturated rings. The lowest BCUT2D eigenvalue weighted by molar-refractivity contribution is 0.176. The topological polar surface area (TPSA) is 52.9 Å². The fraction of sp³-hybridized carbons (Fsp3) is 0.500. The van der Waals surface area contributed by atoms with E-state index in [-0.39, 0.29) is 18.5 Å². The van der Waals surface area contributed by atoms with Gasteiger partial charge in [-0.1, -0.05) is 31.4 Å². The van der Waals surface area contributed by atoms with Crippen LogP contribution >= 0.6 is 0 Å². The van der Waals surface area contributed by atoms with E-state index in [0.29, 0.717) is 16.9 Å². The number of rotatable bonds is 6. The average Bonchev–Trinajstić information content (AvgIpc) is 2.60. The number of nitroso groups, excluding NO2 is 1. The molecule has 0 heterocycles. The zero-order valence-corrected chi connectivity index (χ0v) is 11.7. The third kappa shape index (κ3) is 3.25. The molecule has 4 heteroatoms. The number of anilines is 1. The highest BCUT2D eigenvalue weighted by molar-refractivity contribution is 5.52. The molecule has 108 valence electrons. The van der Waals surface area contributed by atoms with Gasteiger partial charge in [0.1, 0.15) is 5.69 Å². The van der Waals surface area contributed by atoms with Crippen molar-refractivity contribution in [1.29, 1.82) is 0 Å². The van der Waals surface area contributed by atoms with E-state index in [9.17, 15) is 4.91 Å². The van der Waals surface area contributed by atoms with Gasteiger partial charge < -0.3 is 0 Å². The number of nitrogens with zero attached hydrogens (tertiary/aromatic N) is 2. The van der Waals surface area contributed by atoms with Crippen LogP contribution in [0.3, 0.4) is 0 Å². The first kappa shape index (κ1) is 11.0. The molecule has 0 spiro atoms. The summed E-state index contributed by atoms with van der Waals surface area (Å²) in [5.74, 6) is 0.240. The minimum Gasteiger partial charge on any atom is -0.288 e. The van der Waals surface area contributed by atoms with E-state index in [1.165, 1.54) is 11.5 Å². The van der Waals surface area contributed by atoms with Gasteiger partial charge in [-0.15, -0.1) is 4.91 Å². The van der Waals surface area contributed by atoms with Crippen molar-refractivity contribution in [3.05, 3.63) is 41.3 Å². The van der Waals surface area contributed by atoms with Crippen LogP contribution in [0.25, 0.3) is 0 Å². The van der Waals surface area contributed by atoms with Crippen LogP contribution in [-0.4, -0.2) is 11.3 Å². The molecule has 0 bridgehead atoms. The van der Waals surface area contributed by atoms with Crippen molar-refractivity contribution in [3.8, 4) is 0 Å². The van der Waals surface area contributed by atoms with Gasteiger partial charge in [0.05, 0.1) is 14.5 Å². The molecule has 2 rings (SSSR count). The lowest BCUT2D eigenvalue weighted by Gasteiger charge is -2.36. The van der Waals surface area contributed by atoms with Gasteiger partial charge in [-0.05, 0) is 55.1 Å². The quantitative estimate of drug-likeness (QED) is 0.461. The molecule has 1 N–H and O–H groups in total. The van der Waals surface area contributed by atoms with Gasteiger partial charge in [-0.2, -0.15) is 0 Å². The monoisotopic (exact) mass is 277 g/mol. The Balaban J connectivity index is 2.36. The lowest BCUT2D eigenvalue weighted by Crippen LogP contribution is -2.40. The van der Waals surface area contributed by atoms with Crippen LogP contribution in [0.4, 0.5) is 11.4 Å². The van der Waals surface area contributed by atoms with E-state index in [1.807, 2.05) is 0 Å². The zero-order valence-electron chi connectivity index (χ0n) is 14.7. The van der Waals surface area contributed by atoms with Crippen LogP contribution in [0.5, 0.6) is 0 Å². The summed E-state index contributed by atoms with van der Waals surface area (Å²) in [6.45, 7) is 1.51. The second kappa shape index (κ2) is 6.66. The minimum absolute atomic E-state index is 0.240. The van der Waals surface area contributed by atoms with Crippen molar-refractivity contribution in [1.82, 2.24) is 0 Å². The van der Waals surface area contributed by atoms with Crippen molar-refractivity contribution in [2.45, 2.75) is 45.1 Å². The fourth-order valence-corrected chi connectivity index (χ4v) is 2.99. The second-order valence-electron chi connectivity index (χ2n) is 5.46. The van der Waals surface area contributed by atoms with E-state index in [1.54, 1.807) is 31.2 Å². The summed E-state index contributed by atoms with van der Waals surface area (Å²) in [4.78, 5) is 10.5. The SMILES string of the molecule is [2H]ON(c1ccc(N=O)cc1)C(C(C)=C([2H])[2H])C1CCCCC1. The Kier molecular flexibility index (Phi) is 3.67. The molecular weight excluding hydrogens is 252 g/mol. The van der Waals surface area contributed by atoms with Crippen LogP contribution in [0.2, 0.25) is 1.43 Å². The van der Waals surface area contributed by atoms with Crippen LogP contribution in [0, 0.1) is 10.8 Å². The molecule has 1 aromatic rings. The molecule has 4 nitrogen and oxygen atoms in total. The van der Waals surface area contributed by atoms with Crippen LogP contribution in [0.15, 0.2) is 41.5 Å². The third-order valence-corrected chi connectivity index (χ3v) is 4.00. The summed E-state index contributed by atoms with van der Waals surface area (Å²) in [6.07, 6.45) is 5.40. The maximum absolute atomic E-state index is 10.5. The van der Waals surface area contributed by atoms with Crippen molar-refractivity contribution >= 4 is 11.4 Å². The molecule has 0 aliphatic heterocycles. The van der Waals surface area contributed by atoms with Crippen molar-refractivity contribution < 1.29 is 9.38 Å². The molecule has 0 radical (unpaired) electrons. The normalized spacial score (nSPS) is 19.4. The molecule has 1 saturated carbocycles. The fourth-order valence-electron chi connectivity index (χ4n) is 2.99. The highest BCUT2D eigenvalue weighted by Gasteiger charge is 2.29. The second-order valence-corrected chi connectivity index (χ2v) is 5.46. The molecule has 20 heavy (non-hydrogen) atoms. The Hall–Kier alpha value is -1.68. The highest BCUT2D eigenvalue weighted by Crippen LogP contribution is 2.33. The summed E-state index contributed by atoms with van der Waals surface area (Å²) in [5, 5.41) is 9.17. The third-order valence-electron chi connectivity index (χ3n) is 4.00. The highest BCUT2D eigenvalue weighted by atomic mass is 16.5. The molecule has 0 aromatic heterocycles. The lowest BCUT2D eigenvalue weighted by atomic mass is 9.81. The van der Waals surface area contributed by atoms with Crippen molar-refractivity contribution in [3.63, 3.8) is 0 Å². The van der Waals surface area contributed by atoms with Crippen molar-refractivity contribution in [2.75, 3.05) is 5.06 Å². The Bertz CT molecular complexity index is 553. The van der Waals surface area contributed by atoms with Gasteiger partial charge in [0.15, 0.2) is 0 Å². The molecule has 1 aliphatic rings. The first-order valence-corrected chi connectivity index (χ1v) is 7.08. The summed E-state index contributed by atoms with van der Waals surface area (Å²) < 4.78 is 22.8. The largest absolute Gasteiger partial charge is 0.288 e. The van der Waals surface area contributed by atoms with Gasteiger partial charge in [0, 0.05) is 0 Å². The van der Waals surface area contributed by atoms with E-state index >= 15 is 0 Å². The average molecular weight is 277 g/mol. The maximum Gasteiger partial charge on any atom is 0.246 e. The molecule has 1 aromatic carbocycles. The Morgan fingerprint density at radius 3 is 2.70 bits per heavy atom. The Morgan fingerprint density at radius 1 is 1.45 bits per heavy atom. The standard InChI is InChI=1S/C16H22N2O2/c1-12(2)16(13-6-4-3-5-7-13)18(20)15-10-8-14(17-19)9-11-15/h8-11,13,16,20H,1,3-7H2,2H3/i1D2,20D. The van der Waals surface area contributed by atoms with Crippen molar-refractivity contribution in [2.24, 2.45) is 11.1 Å². The molecular formula is C16H22N2O2. The Labute approximate surface area is 124 Å². The first-order chi connectivity index (χ1) is 11.1. The maximum atomic E-state index is 10.5. The van der Waals surface area contributed by atoms with Gasteiger partial charge in [-0.3, -0.25) is 5.21 Å². The van der Waals surface area contributed by atoms with Gasteiger partial charge in [0.2, 0.25) is 1.43 Å². The first-order valence-electron chi connectivity index (χ1n) is 8.49. The number of hydrogen-bond acceptors (Lipinski definition) is 4.